The molecule has 1 N–H and O–H groups in total. The third-order valence-electron chi connectivity index (χ3n) is 5.93. The Morgan fingerprint density at radius 1 is 0.974 bits per heavy atom. The molecule has 2 aromatic carbocycles. The van der Waals surface area contributed by atoms with Gasteiger partial charge in [0.1, 0.15) is 23.4 Å². The Hall–Kier alpha value is -4.40. The van der Waals surface area contributed by atoms with E-state index in [-0.39, 0.29) is 23.6 Å². The number of pyridine rings is 1. The van der Waals surface area contributed by atoms with Gasteiger partial charge in [-0.15, -0.1) is 0 Å². The zero-order chi connectivity index (χ0) is 27.2. The van der Waals surface area contributed by atoms with E-state index in [0.717, 1.165) is 12.8 Å². The predicted octanol–water partition coefficient (Wildman–Crippen LogP) is 5.21. The number of amides is 1. The predicted molar refractivity (Wildman–Crippen MR) is 135 cm³/mol. The Bertz CT molecular complexity index is 1320. The van der Waals surface area contributed by atoms with Crippen molar-refractivity contribution in [2.24, 2.45) is 5.92 Å². The molecule has 1 saturated carbocycles. The highest BCUT2D eigenvalue weighted by Gasteiger charge is 2.27. The van der Waals surface area contributed by atoms with E-state index in [4.69, 9.17) is 9.47 Å². The van der Waals surface area contributed by atoms with Crippen LogP contribution < -0.4 is 10.1 Å². The molecule has 1 amide bonds. The molecule has 0 aliphatic heterocycles. The van der Waals surface area contributed by atoms with Crippen molar-refractivity contribution in [1.82, 2.24) is 10.3 Å². The highest BCUT2D eigenvalue weighted by molar-refractivity contribution is 5.98. The summed E-state index contributed by atoms with van der Waals surface area (Å²) in [4.78, 5) is 41.9. The van der Waals surface area contributed by atoms with Crippen LogP contribution in [-0.2, 0) is 14.3 Å². The summed E-state index contributed by atoms with van der Waals surface area (Å²) in [6, 6.07) is 13.0. The molecule has 4 rings (SSSR count). The van der Waals surface area contributed by atoms with Crippen LogP contribution in [0.1, 0.15) is 54.7 Å². The van der Waals surface area contributed by atoms with E-state index in [1.165, 1.54) is 73.8 Å². The molecule has 1 atom stereocenters. The molecule has 1 aliphatic carbocycles. The lowest BCUT2D eigenvalue weighted by molar-refractivity contribution is -0.141. The number of aromatic nitrogens is 1. The molecule has 0 unspecified atom stereocenters. The second-order valence-electron chi connectivity index (χ2n) is 9.03. The van der Waals surface area contributed by atoms with Crippen molar-refractivity contribution in [3.8, 4) is 5.75 Å². The van der Waals surface area contributed by atoms with Crippen LogP contribution in [-0.4, -0.2) is 28.9 Å². The number of carbonyl (C=O) groups is 3. The van der Waals surface area contributed by atoms with Crippen LogP contribution in [0.4, 0.5) is 8.78 Å². The molecule has 196 valence electrons. The van der Waals surface area contributed by atoms with Gasteiger partial charge in [-0.1, -0.05) is 24.3 Å². The summed E-state index contributed by atoms with van der Waals surface area (Å²) >= 11 is 0. The molecule has 1 aliphatic rings. The van der Waals surface area contributed by atoms with Crippen molar-refractivity contribution in [3.63, 3.8) is 0 Å². The lowest BCUT2D eigenvalue weighted by Gasteiger charge is -2.17. The first-order valence-electron chi connectivity index (χ1n) is 12.1. The van der Waals surface area contributed by atoms with Gasteiger partial charge in [-0.3, -0.25) is 9.59 Å². The SMILES string of the molecule is CC(OC(=O)[C@H](C)NC(=O)c1ncccc1OC(=O)CC1CC1)=C(c1ccc(F)cc1)c1ccc(F)cc1. The van der Waals surface area contributed by atoms with Gasteiger partial charge in [0.15, 0.2) is 11.4 Å². The van der Waals surface area contributed by atoms with E-state index in [2.05, 4.69) is 10.3 Å². The van der Waals surface area contributed by atoms with E-state index < -0.39 is 35.5 Å². The van der Waals surface area contributed by atoms with Crippen molar-refractivity contribution in [1.29, 1.82) is 0 Å². The largest absolute Gasteiger partial charge is 0.429 e. The molecule has 1 aromatic heterocycles. The molecule has 0 radical (unpaired) electrons. The number of benzene rings is 2. The van der Waals surface area contributed by atoms with Gasteiger partial charge in [0, 0.05) is 18.2 Å². The average Bonchev–Trinajstić information content (AvgIpc) is 3.70. The number of allylic oxidation sites excluding steroid dienone is 1. The van der Waals surface area contributed by atoms with Gasteiger partial charge in [-0.05, 0) is 80.1 Å². The quantitative estimate of drug-likeness (QED) is 0.308. The second kappa shape index (κ2) is 11.8. The maximum atomic E-state index is 13.5. The average molecular weight is 521 g/mol. The Kier molecular flexibility index (Phi) is 8.25. The molecule has 0 saturated heterocycles. The molecule has 38 heavy (non-hydrogen) atoms. The summed E-state index contributed by atoms with van der Waals surface area (Å²) in [5, 5.41) is 2.51. The molecule has 0 spiro atoms. The van der Waals surface area contributed by atoms with Crippen molar-refractivity contribution >= 4 is 23.4 Å². The Balaban J connectivity index is 1.49. The van der Waals surface area contributed by atoms with Crippen molar-refractivity contribution < 1.29 is 32.6 Å². The van der Waals surface area contributed by atoms with E-state index in [0.29, 0.717) is 22.6 Å². The summed E-state index contributed by atoms with van der Waals surface area (Å²) in [5.74, 6) is -2.34. The van der Waals surface area contributed by atoms with Gasteiger partial charge in [-0.2, -0.15) is 0 Å². The van der Waals surface area contributed by atoms with Crippen LogP contribution in [0.15, 0.2) is 72.6 Å². The molecule has 1 fully saturated rings. The number of halogens is 2. The number of rotatable bonds is 9. The summed E-state index contributed by atoms with van der Waals surface area (Å²) in [5.41, 5.74) is 1.41. The topological polar surface area (TPSA) is 94.6 Å². The zero-order valence-corrected chi connectivity index (χ0v) is 20.9. The summed E-state index contributed by atoms with van der Waals surface area (Å²) in [6.07, 6.45) is 3.61. The number of nitrogens with zero attached hydrogens (tertiary/aromatic N) is 1. The number of esters is 2. The van der Waals surface area contributed by atoms with Crippen molar-refractivity contribution in [2.45, 2.75) is 39.2 Å². The van der Waals surface area contributed by atoms with Crippen LogP contribution >= 0.6 is 0 Å². The standard InChI is InChI=1S/C29H26F2N2O5/c1-17(33-28(35)27-24(4-3-15-32-27)38-25(34)16-19-5-6-19)29(36)37-18(2)26(20-7-11-22(30)12-8-20)21-9-13-23(31)14-10-21/h3-4,7-15,17,19H,5-6,16H2,1-2H3,(H,33,35)/t17-/m0/s1. The number of nitrogens with one attached hydrogen (secondary N) is 1. The zero-order valence-electron chi connectivity index (χ0n) is 20.9. The van der Waals surface area contributed by atoms with Crippen molar-refractivity contribution in [3.05, 3.63) is 101 Å². The minimum atomic E-state index is -1.10. The van der Waals surface area contributed by atoms with Crippen molar-refractivity contribution in [2.75, 3.05) is 0 Å². The third kappa shape index (κ3) is 6.88. The molecular weight excluding hydrogens is 494 g/mol. The first-order chi connectivity index (χ1) is 18.2. The maximum Gasteiger partial charge on any atom is 0.333 e. The first kappa shape index (κ1) is 26.7. The number of ether oxygens (including phenoxy) is 2. The van der Waals surface area contributed by atoms with Gasteiger partial charge < -0.3 is 14.8 Å². The number of hydrogen-bond donors (Lipinski definition) is 1. The Labute approximate surface area is 218 Å². The van der Waals surface area contributed by atoms with Crippen LogP contribution in [0.5, 0.6) is 5.75 Å². The van der Waals surface area contributed by atoms with Gasteiger partial charge in [0.25, 0.3) is 5.91 Å². The van der Waals surface area contributed by atoms with Crippen LogP contribution in [0, 0.1) is 17.6 Å². The second-order valence-corrected chi connectivity index (χ2v) is 9.03. The molecule has 9 heteroatoms. The molecule has 3 aromatic rings. The molecule has 0 bridgehead atoms. The summed E-state index contributed by atoms with van der Waals surface area (Å²) < 4.78 is 37.9. The minimum Gasteiger partial charge on any atom is -0.429 e. The van der Waals surface area contributed by atoms with Crippen LogP contribution in [0.2, 0.25) is 0 Å². The smallest absolute Gasteiger partial charge is 0.333 e. The fourth-order valence-corrected chi connectivity index (χ4v) is 3.79. The third-order valence-corrected chi connectivity index (χ3v) is 5.93. The van der Waals surface area contributed by atoms with Gasteiger partial charge in [-0.25, -0.2) is 18.6 Å². The van der Waals surface area contributed by atoms with Gasteiger partial charge >= 0.3 is 11.9 Å². The Morgan fingerprint density at radius 3 is 2.11 bits per heavy atom. The fourth-order valence-electron chi connectivity index (χ4n) is 3.79. The number of carbonyl (C=O) groups excluding carboxylic acids is 3. The molecule has 7 nitrogen and oxygen atoms in total. The lowest BCUT2D eigenvalue weighted by Crippen LogP contribution is -2.40. The summed E-state index contributed by atoms with van der Waals surface area (Å²) in [7, 11) is 0. The van der Waals surface area contributed by atoms with Crippen LogP contribution in [0.3, 0.4) is 0 Å². The van der Waals surface area contributed by atoms with E-state index in [9.17, 15) is 23.2 Å². The summed E-state index contributed by atoms with van der Waals surface area (Å²) in [6.45, 7) is 2.98. The number of hydrogen-bond acceptors (Lipinski definition) is 6. The van der Waals surface area contributed by atoms with Gasteiger partial charge in [0.2, 0.25) is 0 Å². The monoisotopic (exact) mass is 520 g/mol. The first-order valence-corrected chi connectivity index (χ1v) is 12.1. The molecule has 1 heterocycles. The highest BCUT2D eigenvalue weighted by atomic mass is 19.1. The maximum absolute atomic E-state index is 13.5. The highest BCUT2D eigenvalue weighted by Crippen LogP contribution is 2.33. The lowest BCUT2D eigenvalue weighted by atomic mass is 9.97. The van der Waals surface area contributed by atoms with Gasteiger partial charge in [0.05, 0.1) is 0 Å². The van der Waals surface area contributed by atoms with E-state index >= 15 is 0 Å². The van der Waals surface area contributed by atoms with E-state index in [1.807, 2.05) is 0 Å². The van der Waals surface area contributed by atoms with Crippen LogP contribution in [0.25, 0.3) is 5.57 Å². The normalized spacial score (nSPS) is 13.3. The molecular formula is C29H26F2N2O5. The Morgan fingerprint density at radius 2 is 1.55 bits per heavy atom. The minimum absolute atomic E-state index is 0.00204. The van der Waals surface area contributed by atoms with E-state index in [1.54, 1.807) is 6.92 Å². The fraction of sp³-hybridized carbons (Fsp3) is 0.241.